The van der Waals surface area contributed by atoms with Crippen LogP contribution in [0.25, 0.3) is 0 Å². The van der Waals surface area contributed by atoms with Crippen LogP contribution in [0, 0.1) is 6.92 Å². The Morgan fingerprint density at radius 2 is 1.80 bits per heavy atom. The normalized spacial score (nSPS) is 13.8. The van der Waals surface area contributed by atoms with Gasteiger partial charge in [0.15, 0.2) is 0 Å². The lowest BCUT2D eigenvalue weighted by Gasteiger charge is -2.24. The number of aryl methyl sites for hydroxylation is 1. The number of alkyl halides is 3. The van der Waals surface area contributed by atoms with Crippen LogP contribution in [-0.2, 0) is 0 Å². The molecule has 1 atom stereocenters. The summed E-state index contributed by atoms with van der Waals surface area (Å²) in [5.41, 5.74) is 8.00. The maximum atomic E-state index is 12.4. The molecule has 1 rings (SSSR count). The third kappa shape index (κ3) is 6.36. The van der Waals surface area contributed by atoms with E-state index < -0.39 is 12.7 Å². The third-order valence-corrected chi connectivity index (χ3v) is 3.08. The van der Waals surface area contributed by atoms with Gasteiger partial charge in [0, 0.05) is 19.1 Å². The number of hydrogen-bond donors (Lipinski definition) is 2. The highest BCUT2D eigenvalue weighted by Gasteiger charge is 2.30. The number of aliphatic hydroxyl groups is 1. The average Bonchev–Trinajstić information content (AvgIpc) is 2.35. The molecule has 1 aromatic rings. The van der Waals surface area contributed by atoms with Gasteiger partial charge in [-0.2, -0.15) is 13.2 Å². The average molecular weight is 290 g/mol. The van der Waals surface area contributed by atoms with E-state index in [2.05, 4.69) is 0 Å². The van der Waals surface area contributed by atoms with E-state index in [0.717, 1.165) is 11.1 Å². The van der Waals surface area contributed by atoms with Gasteiger partial charge in [-0.25, -0.2) is 0 Å². The van der Waals surface area contributed by atoms with Gasteiger partial charge < -0.3 is 10.8 Å². The topological polar surface area (TPSA) is 49.5 Å². The molecule has 0 aromatic heterocycles. The van der Waals surface area contributed by atoms with Crippen LogP contribution in [0.1, 0.15) is 23.6 Å². The lowest BCUT2D eigenvalue weighted by atomic mass is 10.0. The zero-order valence-electron chi connectivity index (χ0n) is 11.5. The highest BCUT2D eigenvalue weighted by Crippen LogP contribution is 2.19. The van der Waals surface area contributed by atoms with Crippen LogP contribution in [0.3, 0.4) is 0 Å². The molecule has 1 unspecified atom stereocenters. The summed E-state index contributed by atoms with van der Waals surface area (Å²) in [6.45, 7) is 0.848. The van der Waals surface area contributed by atoms with E-state index in [1.165, 1.54) is 4.90 Å². The van der Waals surface area contributed by atoms with Gasteiger partial charge in [-0.05, 0) is 18.9 Å². The molecular formula is C14H21F3N2O. The van der Waals surface area contributed by atoms with Crippen molar-refractivity contribution in [2.45, 2.75) is 25.6 Å². The molecule has 20 heavy (non-hydrogen) atoms. The van der Waals surface area contributed by atoms with Gasteiger partial charge in [0.1, 0.15) is 0 Å². The Morgan fingerprint density at radius 3 is 2.30 bits per heavy atom. The predicted molar refractivity (Wildman–Crippen MR) is 72.3 cm³/mol. The van der Waals surface area contributed by atoms with Crippen molar-refractivity contribution in [2.75, 3.05) is 26.2 Å². The second-order valence-corrected chi connectivity index (χ2v) is 4.92. The number of nitrogens with zero attached hydrogens (tertiary/aromatic N) is 1. The minimum atomic E-state index is -4.26. The lowest BCUT2D eigenvalue weighted by molar-refractivity contribution is -0.146. The molecule has 0 radical (unpaired) electrons. The molecule has 0 amide bonds. The Morgan fingerprint density at radius 1 is 1.20 bits per heavy atom. The van der Waals surface area contributed by atoms with Crippen molar-refractivity contribution in [3.63, 3.8) is 0 Å². The van der Waals surface area contributed by atoms with Gasteiger partial charge in [0.05, 0.1) is 13.2 Å². The van der Waals surface area contributed by atoms with Gasteiger partial charge >= 0.3 is 6.18 Å². The molecule has 0 bridgehead atoms. The molecule has 6 heteroatoms. The second kappa shape index (κ2) is 7.61. The maximum absolute atomic E-state index is 12.4. The van der Waals surface area contributed by atoms with Crippen LogP contribution in [0.2, 0.25) is 0 Å². The van der Waals surface area contributed by atoms with Crippen molar-refractivity contribution in [1.29, 1.82) is 0 Å². The van der Waals surface area contributed by atoms with Gasteiger partial charge in [-0.1, -0.05) is 29.8 Å². The molecule has 0 saturated carbocycles. The van der Waals surface area contributed by atoms with Gasteiger partial charge in [-0.3, -0.25) is 4.90 Å². The van der Waals surface area contributed by atoms with Gasteiger partial charge in [-0.15, -0.1) is 0 Å². The minimum Gasteiger partial charge on any atom is -0.395 e. The minimum absolute atomic E-state index is 0.000127. The molecular weight excluding hydrogens is 269 g/mol. The summed E-state index contributed by atoms with van der Waals surface area (Å²) >= 11 is 0. The van der Waals surface area contributed by atoms with Crippen LogP contribution in [0.5, 0.6) is 0 Å². The summed E-state index contributed by atoms with van der Waals surface area (Å²) in [6.07, 6.45) is -3.84. The Bertz CT molecular complexity index is 392. The predicted octanol–water partition coefficient (Wildman–Crippen LogP) is 2.24. The standard InChI is InChI=1S/C14H21F3N2O/c1-11-2-4-12(5-3-11)13(18)6-7-19(8-9-20)10-14(15,16)17/h2-5,13,20H,6-10,18H2,1H3. The van der Waals surface area contributed by atoms with E-state index in [1.807, 2.05) is 31.2 Å². The maximum Gasteiger partial charge on any atom is 0.401 e. The molecule has 3 N–H and O–H groups in total. The zero-order valence-corrected chi connectivity index (χ0v) is 11.5. The summed E-state index contributed by atoms with van der Waals surface area (Å²) in [4.78, 5) is 1.17. The summed E-state index contributed by atoms with van der Waals surface area (Å²) in [6, 6.07) is 7.33. The summed E-state index contributed by atoms with van der Waals surface area (Å²) in [5, 5.41) is 8.81. The first-order valence-corrected chi connectivity index (χ1v) is 6.54. The molecule has 1 aromatic carbocycles. The molecule has 0 aliphatic rings. The van der Waals surface area contributed by atoms with Crippen LogP contribution >= 0.6 is 0 Å². The Hall–Kier alpha value is -1.11. The van der Waals surface area contributed by atoms with Crippen molar-refractivity contribution in [3.05, 3.63) is 35.4 Å². The van der Waals surface area contributed by atoms with Gasteiger partial charge in [0.25, 0.3) is 0 Å². The molecule has 3 nitrogen and oxygen atoms in total. The van der Waals surface area contributed by atoms with Crippen molar-refractivity contribution in [3.8, 4) is 0 Å². The van der Waals surface area contributed by atoms with Crippen LogP contribution < -0.4 is 5.73 Å². The Labute approximate surface area is 117 Å². The largest absolute Gasteiger partial charge is 0.401 e. The van der Waals surface area contributed by atoms with Crippen LogP contribution in [0.15, 0.2) is 24.3 Å². The van der Waals surface area contributed by atoms with Crippen molar-refractivity contribution < 1.29 is 18.3 Å². The number of hydrogen-bond acceptors (Lipinski definition) is 3. The second-order valence-electron chi connectivity index (χ2n) is 4.92. The number of nitrogens with two attached hydrogens (primary N) is 1. The van der Waals surface area contributed by atoms with E-state index in [9.17, 15) is 13.2 Å². The number of benzene rings is 1. The first-order chi connectivity index (χ1) is 9.31. The molecule has 114 valence electrons. The highest BCUT2D eigenvalue weighted by atomic mass is 19.4. The number of rotatable bonds is 7. The summed E-state index contributed by atoms with van der Waals surface area (Å²) in [5.74, 6) is 0. The van der Waals surface area contributed by atoms with Crippen molar-refractivity contribution in [1.82, 2.24) is 4.90 Å². The highest BCUT2D eigenvalue weighted by molar-refractivity contribution is 5.23. The SMILES string of the molecule is Cc1ccc(C(N)CCN(CCO)CC(F)(F)F)cc1. The quantitative estimate of drug-likeness (QED) is 0.809. The number of halogens is 3. The van der Waals surface area contributed by atoms with E-state index in [0.29, 0.717) is 6.42 Å². The molecule has 0 fully saturated rings. The Kier molecular flexibility index (Phi) is 6.45. The zero-order chi connectivity index (χ0) is 15.2. The van der Waals surface area contributed by atoms with Crippen LogP contribution in [-0.4, -0.2) is 42.4 Å². The lowest BCUT2D eigenvalue weighted by Crippen LogP contribution is -2.37. The first kappa shape index (κ1) is 16.9. The van der Waals surface area contributed by atoms with Crippen LogP contribution in [0.4, 0.5) is 13.2 Å². The Balaban J connectivity index is 2.51. The third-order valence-electron chi connectivity index (χ3n) is 3.08. The fourth-order valence-corrected chi connectivity index (χ4v) is 1.97. The molecule has 0 spiro atoms. The van der Waals surface area contributed by atoms with E-state index >= 15 is 0 Å². The molecule has 0 heterocycles. The summed E-state index contributed by atoms with van der Waals surface area (Å²) in [7, 11) is 0. The fourth-order valence-electron chi connectivity index (χ4n) is 1.97. The van der Waals surface area contributed by atoms with Crippen molar-refractivity contribution in [2.24, 2.45) is 5.73 Å². The molecule has 0 aliphatic carbocycles. The smallest absolute Gasteiger partial charge is 0.395 e. The van der Waals surface area contributed by atoms with E-state index in [-0.39, 0.29) is 25.7 Å². The molecule has 0 aliphatic heterocycles. The first-order valence-electron chi connectivity index (χ1n) is 6.54. The van der Waals surface area contributed by atoms with Gasteiger partial charge in [0.2, 0.25) is 0 Å². The fraction of sp³-hybridized carbons (Fsp3) is 0.571. The van der Waals surface area contributed by atoms with Crippen molar-refractivity contribution >= 4 is 0 Å². The van der Waals surface area contributed by atoms with E-state index in [1.54, 1.807) is 0 Å². The molecule has 0 saturated heterocycles. The van der Waals surface area contributed by atoms with E-state index in [4.69, 9.17) is 10.8 Å². The monoisotopic (exact) mass is 290 g/mol. The number of aliphatic hydroxyl groups excluding tert-OH is 1. The summed E-state index contributed by atoms with van der Waals surface area (Å²) < 4.78 is 37.1.